The minimum absolute atomic E-state index is 0.0907. The highest BCUT2D eigenvalue weighted by molar-refractivity contribution is 5.80. The quantitative estimate of drug-likeness (QED) is 0.801. The second-order valence-corrected chi connectivity index (χ2v) is 6.61. The van der Waals surface area contributed by atoms with Crippen LogP contribution in [0.2, 0.25) is 0 Å². The predicted molar refractivity (Wildman–Crippen MR) is 92.6 cm³/mol. The SMILES string of the molecule is CCCc1cc2c(=O)n([C@H]3CC[C@@H]3C(=O)O)c3ccccc3n2c1. The molecular weight excluding hydrogens is 304 g/mol. The third kappa shape index (κ3) is 2.08. The number of carboxylic acids is 1. The number of aromatic nitrogens is 2. The van der Waals surface area contributed by atoms with Crippen molar-refractivity contribution in [2.24, 2.45) is 5.92 Å². The number of hydrogen-bond acceptors (Lipinski definition) is 2. The summed E-state index contributed by atoms with van der Waals surface area (Å²) < 4.78 is 3.66. The summed E-state index contributed by atoms with van der Waals surface area (Å²) in [4.78, 5) is 24.6. The van der Waals surface area contributed by atoms with Crippen LogP contribution < -0.4 is 5.56 Å². The highest BCUT2D eigenvalue weighted by Crippen LogP contribution is 2.39. The Morgan fingerprint density at radius 2 is 1.96 bits per heavy atom. The molecule has 2 aromatic heterocycles. The first kappa shape index (κ1) is 15.0. The van der Waals surface area contributed by atoms with Crippen molar-refractivity contribution in [1.29, 1.82) is 0 Å². The second kappa shape index (κ2) is 5.51. The monoisotopic (exact) mass is 324 g/mol. The average Bonchev–Trinajstić information content (AvgIpc) is 2.94. The molecule has 0 bridgehead atoms. The molecular formula is C19H20N2O3. The van der Waals surface area contributed by atoms with Gasteiger partial charge in [-0.15, -0.1) is 0 Å². The van der Waals surface area contributed by atoms with Crippen molar-refractivity contribution < 1.29 is 9.90 Å². The van der Waals surface area contributed by atoms with Crippen molar-refractivity contribution in [2.45, 2.75) is 38.6 Å². The maximum atomic E-state index is 13.1. The molecule has 0 amide bonds. The number of benzene rings is 1. The van der Waals surface area contributed by atoms with Gasteiger partial charge in [0.25, 0.3) is 5.56 Å². The van der Waals surface area contributed by atoms with Crippen LogP contribution in [0.15, 0.2) is 41.3 Å². The molecule has 124 valence electrons. The topological polar surface area (TPSA) is 63.7 Å². The van der Waals surface area contributed by atoms with Crippen LogP contribution in [0.4, 0.5) is 0 Å². The summed E-state index contributed by atoms with van der Waals surface area (Å²) in [6.45, 7) is 2.12. The Labute approximate surface area is 139 Å². The van der Waals surface area contributed by atoms with Gasteiger partial charge in [-0.3, -0.25) is 9.59 Å². The number of rotatable bonds is 4. The standard InChI is InChI=1S/C19H20N2O3/c1-2-5-12-10-17-18(22)21(14-9-8-13(14)19(23)24)16-7-4-3-6-15(16)20(17)11-12/h3-4,6-7,10-11,13-14H,2,5,8-9H2,1H3,(H,23,24)/t13-,14-/m0/s1. The Balaban J connectivity index is 2.03. The van der Waals surface area contributed by atoms with Crippen LogP contribution >= 0.6 is 0 Å². The first-order valence-corrected chi connectivity index (χ1v) is 8.49. The molecule has 0 saturated heterocycles. The van der Waals surface area contributed by atoms with E-state index < -0.39 is 11.9 Å². The Morgan fingerprint density at radius 1 is 1.21 bits per heavy atom. The molecule has 1 saturated carbocycles. The van der Waals surface area contributed by atoms with E-state index in [1.165, 1.54) is 0 Å². The van der Waals surface area contributed by atoms with Gasteiger partial charge in [0.05, 0.1) is 23.0 Å². The van der Waals surface area contributed by atoms with Crippen LogP contribution in [-0.4, -0.2) is 20.0 Å². The fourth-order valence-electron chi connectivity index (χ4n) is 3.82. The van der Waals surface area contributed by atoms with Crippen molar-refractivity contribution in [2.75, 3.05) is 0 Å². The van der Waals surface area contributed by atoms with E-state index in [0.717, 1.165) is 35.9 Å². The van der Waals surface area contributed by atoms with E-state index in [9.17, 15) is 14.7 Å². The molecule has 0 unspecified atom stereocenters. The number of nitrogens with zero attached hydrogens (tertiary/aromatic N) is 2. The van der Waals surface area contributed by atoms with Gasteiger partial charge in [0.2, 0.25) is 0 Å². The molecule has 1 aromatic carbocycles. The molecule has 24 heavy (non-hydrogen) atoms. The van der Waals surface area contributed by atoms with Gasteiger partial charge in [0.1, 0.15) is 5.52 Å². The Bertz CT molecular complexity index is 999. The van der Waals surface area contributed by atoms with Gasteiger partial charge in [0.15, 0.2) is 0 Å². The smallest absolute Gasteiger partial charge is 0.308 e. The molecule has 5 nitrogen and oxygen atoms in total. The summed E-state index contributed by atoms with van der Waals surface area (Å²) in [5, 5.41) is 9.39. The summed E-state index contributed by atoms with van der Waals surface area (Å²) in [7, 11) is 0. The van der Waals surface area contributed by atoms with Crippen molar-refractivity contribution in [3.63, 3.8) is 0 Å². The molecule has 1 aliphatic carbocycles. The summed E-state index contributed by atoms with van der Waals surface area (Å²) in [5.41, 5.74) is 3.44. The lowest BCUT2D eigenvalue weighted by atomic mass is 9.79. The van der Waals surface area contributed by atoms with E-state index in [4.69, 9.17) is 0 Å². The van der Waals surface area contributed by atoms with Crippen LogP contribution in [0.5, 0.6) is 0 Å². The molecule has 0 radical (unpaired) electrons. The molecule has 0 spiro atoms. The van der Waals surface area contributed by atoms with Crippen LogP contribution in [0.3, 0.4) is 0 Å². The first-order valence-electron chi connectivity index (χ1n) is 8.49. The Hall–Kier alpha value is -2.56. The van der Waals surface area contributed by atoms with E-state index in [1.54, 1.807) is 4.57 Å². The summed E-state index contributed by atoms with van der Waals surface area (Å²) in [6.07, 6.45) is 5.35. The number of carbonyl (C=O) groups is 1. The zero-order valence-corrected chi connectivity index (χ0v) is 13.6. The molecule has 4 rings (SSSR count). The van der Waals surface area contributed by atoms with Gasteiger partial charge in [0, 0.05) is 6.20 Å². The lowest BCUT2D eigenvalue weighted by molar-refractivity contribution is -0.147. The minimum Gasteiger partial charge on any atom is -0.481 e. The van der Waals surface area contributed by atoms with Crippen LogP contribution in [-0.2, 0) is 11.2 Å². The van der Waals surface area contributed by atoms with E-state index in [1.807, 2.05) is 40.9 Å². The molecule has 2 heterocycles. The number of carboxylic acid groups (broad SMARTS) is 1. The van der Waals surface area contributed by atoms with Gasteiger partial charge in [-0.2, -0.15) is 0 Å². The van der Waals surface area contributed by atoms with Gasteiger partial charge < -0.3 is 14.1 Å². The molecule has 1 N–H and O–H groups in total. The average molecular weight is 324 g/mol. The van der Waals surface area contributed by atoms with E-state index in [-0.39, 0.29) is 11.6 Å². The maximum Gasteiger partial charge on any atom is 0.308 e. The second-order valence-electron chi connectivity index (χ2n) is 6.61. The third-order valence-electron chi connectivity index (χ3n) is 5.14. The Kier molecular flexibility index (Phi) is 3.44. The highest BCUT2D eigenvalue weighted by atomic mass is 16.4. The third-order valence-corrected chi connectivity index (χ3v) is 5.14. The number of hydrogen-bond donors (Lipinski definition) is 1. The molecule has 1 aliphatic rings. The fourth-order valence-corrected chi connectivity index (χ4v) is 3.82. The Morgan fingerprint density at radius 3 is 2.58 bits per heavy atom. The fraction of sp³-hybridized carbons (Fsp3) is 0.368. The number of aryl methyl sites for hydroxylation is 1. The number of fused-ring (bicyclic) bond motifs is 3. The van der Waals surface area contributed by atoms with Gasteiger partial charge in [-0.25, -0.2) is 0 Å². The van der Waals surface area contributed by atoms with Gasteiger partial charge in [-0.1, -0.05) is 25.5 Å². The largest absolute Gasteiger partial charge is 0.481 e. The summed E-state index contributed by atoms with van der Waals surface area (Å²) in [5.74, 6) is -1.29. The molecule has 5 heteroatoms. The molecule has 2 atom stereocenters. The lowest BCUT2D eigenvalue weighted by Gasteiger charge is -2.35. The first-order chi connectivity index (χ1) is 11.6. The maximum absolute atomic E-state index is 13.1. The zero-order valence-electron chi connectivity index (χ0n) is 13.6. The van der Waals surface area contributed by atoms with Gasteiger partial charge >= 0.3 is 5.97 Å². The van der Waals surface area contributed by atoms with E-state index >= 15 is 0 Å². The minimum atomic E-state index is -0.816. The van der Waals surface area contributed by atoms with Crippen LogP contribution in [0.1, 0.15) is 37.8 Å². The van der Waals surface area contributed by atoms with Crippen LogP contribution in [0, 0.1) is 5.92 Å². The predicted octanol–water partition coefficient (Wildman–Crippen LogP) is 3.24. The number of para-hydroxylation sites is 2. The lowest BCUT2D eigenvalue weighted by Crippen LogP contribution is -2.40. The number of aliphatic carboxylic acids is 1. The zero-order chi connectivity index (χ0) is 16.8. The van der Waals surface area contributed by atoms with Crippen molar-refractivity contribution in [3.8, 4) is 0 Å². The van der Waals surface area contributed by atoms with E-state index in [0.29, 0.717) is 11.9 Å². The molecule has 3 aromatic rings. The van der Waals surface area contributed by atoms with E-state index in [2.05, 4.69) is 6.92 Å². The van der Waals surface area contributed by atoms with Gasteiger partial charge in [-0.05, 0) is 43.0 Å². The van der Waals surface area contributed by atoms with Crippen molar-refractivity contribution in [1.82, 2.24) is 8.97 Å². The summed E-state index contributed by atoms with van der Waals surface area (Å²) in [6, 6.07) is 9.44. The van der Waals surface area contributed by atoms with Crippen molar-refractivity contribution in [3.05, 3.63) is 52.4 Å². The molecule has 0 aliphatic heterocycles. The highest BCUT2D eigenvalue weighted by Gasteiger charge is 2.39. The normalized spacial score (nSPS) is 20.4. The van der Waals surface area contributed by atoms with Crippen molar-refractivity contribution >= 4 is 22.5 Å². The molecule has 1 fully saturated rings. The van der Waals surface area contributed by atoms with Crippen LogP contribution in [0.25, 0.3) is 16.6 Å². The summed E-state index contributed by atoms with van der Waals surface area (Å²) >= 11 is 0.